The third-order valence-corrected chi connectivity index (χ3v) is 4.98. The number of benzene rings is 1. The maximum Gasteiger partial charge on any atom is 0.227 e. The topological polar surface area (TPSA) is 63.7 Å². The van der Waals surface area contributed by atoms with Gasteiger partial charge in [-0.3, -0.25) is 4.79 Å². The van der Waals surface area contributed by atoms with E-state index in [0.717, 1.165) is 12.8 Å². The summed E-state index contributed by atoms with van der Waals surface area (Å²) < 4.78 is 28.5. The van der Waals surface area contributed by atoms with Gasteiger partial charge in [0.15, 0.2) is 9.84 Å². The van der Waals surface area contributed by atoms with Crippen LogP contribution in [-0.4, -0.2) is 33.2 Å². The monoisotopic (exact) mass is 323 g/mol. The van der Waals surface area contributed by atoms with Gasteiger partial charge >= 0.3 is 0 Å². The molecule has 1 aliphatic rings. The largest absolute Gasteiger partial charge is 0.497 e. The number of ether oxygens (including phenoxy) is 1. The minimum absolute atomic E-state index is 0.0567. The molecule has 6 heteroatoms. The van der Waals surface area contributed by atoms with E-state index >= 15 is 0 Å². The van der Waals surface area contributed by atoms with Crippen molar-refractivity contribution < 1.29 is 17.9 Å². The molecular formula is C16H21NO4S. The highest BCUT2D eigenvalue weighted by Crippen LogP contribution is 2.26. The Morgan fingerprint density at radius 3 is 2.50 bits per heavy atom. The van der Waals surface area contributed by atoms with Crippen LogP contribution in [0.25, 0.3) is 0 Å². The molecule has 1 aliphatic heterocycles. The SMILES string of the molecule is CCCCC(=O)N(c1ccc(OC)cc1)[C@@H]1C=CS(=O)(=O)C1. The minimum Gasteiger partial charge on any atom is -0.497 e. The molecule has 5 nitrogen and oxygen atoms in total. The quantitative estimate of drug-likeness (QED) is 0.807. The van der Waals surface area contributed by atoms with Gasteiger partial charge in [-0.1, -0.05) is 13.3 Å². The zero-order chi connectivity index (χ0) is 16.2. The van der Waals surface area contributed by atoms with Crippen LogP contribution in [0.1, 0.15) is 26.2 Å². The van der Waals surface area contributed by atoms with Crippen molar-refractivity contribution in [2.24, 2.45) is 0 Å². The lowest BCUT2D eigenvalue weighted by atomic mass is 10.1. The maximum absolute atomic E-state index is 12.5. The maximum atomic E-state index is 12.5. The summed E-state index contributed by atoms with van der Waals surface area (Å²) in [6, 6.07) is 6.65. The van der Waals surface area contributed by atoms with Crippen LogP contribution in [0.15, 0.2) is 35.7 Å². The van der Waals surface area contributed by atoms with E-state index in [2.05, 4.69) is 0 Å². The summed E-state index contributed by atoms with van der Waals surface area (Å²) >= 11 is 0. The van der Waals surface area contributed by atoms with Crippen molar-refractivity contribution in [3.8, 4) is 5.75 Å². The highest BCUT2D eigenvalue weighted by molar-refractivity contribution is 7.94. The van der Waals surface area contributed by atoms with E-state index < -0.39 is 15.9 Å². The number of methoxy groups -OCH3 is 1. The molecule has 0 spiro atoms. The van der Waals surface area contributed by atoms with E-state index in [1.54, 1.807) is 42.4 Å². The van der Waals surface area contributed by atoms with Crippen LogP contribution in [0, 0.1) is 0 Å². The predicted octanol–water partition coefficient (Wildman–Crippen LogP) is 2.53. The summed E-state index contributed by atoms with van der Waals surface area (Å²) in [5, 5.41) is 1.20. The highest BCUT2D eigenvalue weighted by Gasteiger charge is 2.31. The van der Waals surface area contributed by atoms with E-state index in [1.807, 2.05) is 6.92 Å². The Kier molecular flexibility index (Phi) is 5.24. The molecule has 0 N–H and O–H groups in total. The summed E-state index contributed by atoms with van der Waals surface area (Å²) in [5.74, 6) is 0.578. The molecule has 1 aromatic rings. The second-order valence-electron chi connectivity index (χ2n) is 5.29. The molecule has 0 aromatic heterocycles. The fourth-order valence-corrected chi connectivity index (χ4v) is 3.70. The van der Waals surface area contributed by atoms with E-state index in [-0.39, 0.29) is 11.7 Å². The number of sulfone groups is 1. The van der Waals surface area contributed by atoms with Gasteiger partial charge in [0.25, 0.3) is 0 Å². The van der Waals surface area contributed by atoms with Crippen LogP contribution in [0.3, 0.4) is 0 Å². The minimum atomic E-state index is -3.21. The standard InChI is InChI=1S/C16H21NO4S/c1-3-4-5-16(18)17(14-10-11-22(19,20)12-14)13-6-8-15(21-2)9-7-13/h6-11,14H,3-5,12H2,1-2H3/t14-/m1/s1. The van der Waals surface area contributed by atoms with E-state index in [4.69, 9.17) is 4.74 Å². The Balaban J connectivity index is 2.28. The van der Waals surface area contributed by atoms with Crippen molar-refractivity contribution in [2.45, 2.75) is 32.2 Å². The molecule has 0 fully saturated rings. The van der Waals surface area contributed by atoms with Crippen LogP contribution in [0.4, 0.5) is 5.69 Å². The number of hydrogen-bond donors (Lipinski definition) is 0. The normalized spacial score (nSPS) is 19.1. The van der Waals surface area contributed by atoms with Gasteiger partial charge in [-0.15, -0.1) is 0 Å². The van der Waals surface area contributed by atoms with Gasteiger partial charge in [0.2, 0.25) is 5.91 Å². The van der Waals surface area contributed by atoms with Crippen LogP contribution in [0.5, 0.6) is 5.75 Å². The van der Waals surface area contributed by atoms with Gasteiger partial charge in [-0.2, -0.15) is 0 Å². The first-order chi connectivity index (χ1) is 10.5. The highest BCUT2D eigenvalue weighted by atomic mass is 32.2. The van der Waals surface area contributed by atoms with Gasteiger partial charge in [0.1, 0.15) is 5.75 Å². The van der Waals surface area contributed by atoms with Gasteiger partial charge in [0.05, 0.1) is 18.9 Å². The lowest BCUT2D eigenvalue weighted by molar-refractivity contribution is -0.118. The summed E-state index contributed by atoms with van der Waals surface area (Å²) in [5.41, 5.74) is 0.689. The Bertz CT molecular complexity index is 649. The summed E-state index contributed by atoms with van der Waals surface area (Å²) in [6.07, 6.45) is 3.70. The van der Waals surface area contributed by atoms with Gasteiger partial charge in [-0.25, -0.2) is 8.42 Å². The number of rotatable bonds is 6. The number of anilines is 1. The Morgan fingerprint density at radius 2 is 2.00 bits per heavy atom. The molecule has 0 aliphatic carbocycles. The molecule has 120 valence electrons. The molecule has 1 atom stereocenters. The van der Waals surface area contributed by atoms with Crippen molar-refractivity contribution >= 4 is 21.4 Å². The molecule has 0 bridgehead atoms. The number of carbonyl (C=O) groups excluding carboxylic acids is 1. The van der Waals surface area contributed by atoms with Crippen molar-refractivity contribution in [1.29, 1.82) is 0 Å². The number of carbonyl (C=O) groups is 1. The fourth-order valence-electron chi connectivity index (χ4n) is 2.43. The smallest absolute Gasteiger partial charge is 0.227 e. The first-order valence-corrected chi connectivity index (χ1v) is 9.05. The van der Waals surface area contributed by atoms with Gasteiger partial charge in [-0.05, 0) is 36.8 Å². The lowest BCUT2D eigenvalue weighted by Gasteiger charge is -2.28. The number of amides is 1. The molecule has 2 rings (SSSR count). The molecule has 0 unspecified atom stereocenters. The van der Waals surface area contributed by atoms with Crippen molar-refractivity contribution in [3.63, 3.8) is 0 Å². The third-order valence-electron chi connectivity index (χ3n) is 3.61. The van der Waals surface area contributed by atoms with Crippen molar-refractivity contribution in [1.82, 2.24) is 0 Å². The molecular weight excluding hydrogens is 302 g/mol. The molecule has 0 saturated carbocycles. The zero-order valence-electron chi connectivity index (χ0n) is 12.9. The van der Waals surface area contributed by atoms with Crippen LogP contribution in [-0.2, 0) is 14.6 Å². The Morgan fingerprint density at radius 1 is 1.32 bits per heavy atom. The van der Waals surface area contributed by atoms with Crippen LogP contribution >= 0.6 is 0 Å². The van der Waals surface area contributed by atoms with Crippen molar-refractivity contribution in [2.75, 3.05) is 17.8 Å². The molecule has 1 aromatic carbocycles. The van der Waals surface area contributed by atoms with E-state index in [0.29, 0.717) is 17.9 Å². The first kappa shape index (κ1) is 16.5. The average Bonchev–Trinajstić information content (AvgIpc) is 2.86. The predicted molar refractivity (Wildman–Crippen MR) is 86.7 cm³/mol. The first-order valence-electron chi connectivity index (χ1n) is 7.34. The van der Waals surface area contributed by atoms with Gasteiger partial charge in [0, 0.05) is 17.5 Å². The average molecular weight is 323 g/mol. The zero-order valence-corrected chi connectivity index (χ0v) is 13.7. The molecule has 1 amide bonds. The van der Waals surface area contributed by atoms with Crippen LogP contribution < -0.4 is 9.64 Å². The number of nitrogens with zero attached hydrogens (tertiary/aromatic N) is 1. The molecule has 1 heterocycles. The molecule has 0 radical (unpaired) electrons. The third kappa shape index (κ3) is 3.88. The van der Waals surface area contributed by atoms with Crippen LogP contribution in [0.2, 0.25) is 0 Å². The summed E-state index contributed by atoms with van der Waals surface area (Å²) in [4.78, 5) is 14.1. The van der Waals surface area contributed by atoms with E-state index in [9.17, 15) is 13.2 Å². The second-order valence-corrected chi connectivity index (χ2v) is 7.22. The fraction of sp³-hybridized carbons (Fsp3) is 0.438. The Labute approximate surface area is 131 Å². The number of hydrogen-bond acceptors (Lipinski definition) is 4. The van der Waals surface area contributed by atoms with Crippen molar-refractivity contribution in [3.05, 3.63) is 35.7 Å². The number of unbranched alkanes of at least 4 members (excludes halogenated alkanes) is 1. The summed E-state index contributed by atoms with van der Waals surface area (Å²) in [7, 11) is -1.64. The molecule has 0 saturated heterocycles. The summed E-state index contributed by atoms with van der Waals surface area (Å²) in [6.45, 7) is 2.02. The van der Waals surface area contributed by atoms with Gasteiger partial charge < -0.3 is 9.64 Å². The van der Waals surface area contributed by atoms with E-state index in [1.165, 1.54) is 5.41 Å². The second kappa shape index (κ2) is 6.96. The Hall–Kier alpha value is -1.82. The molecule has 22 heavy (non-hydrogen) atoms. The lowest BCUT2D eigenvalue weighted by Crippen LogP contribution is -2.41.